The van der Waals surface area contributed by atoms with E-state index in [-0.39, 0.29) is 12.1 Å². The first-order chi connectivity index (χ1) is 12.0. The Bertz CT molecular complexity index is 772. The number of rotatable bonds is 5. The van der Waals surface area contributed by atoms with E-state index in [9.17, 15) is 9.90 Å². The Labute approximate surface area is 147 Å². The highest BCUT2D eigenvalue weighted by molar-refractivity contribution is 5.74. The van der Waals surface area contributed by atoms with Crippen LogP contribution >= 0.6 is 0 Å². The number of nitrogens with one attached hydrogen (secondary N) is 2. The molecule has 2 aromatic rings. The maximum atomic E-state index is 12.3. The minimum atomic E-state index is -0.680. The molecule has 0 saturated heterocycles. The number of aliphatic hydroxyl groups excluding tert-OH is 1. The molecule has 134 valence electrons. The first kappa shape index (κ1) is 17.3. The maximum Gasteiger partial charge on any atom is 0.315 e. The van der Waals surface area contributed by atoms with Crippen LogP contribution in [-0.4, -0.2) is 34.1 Å². The molecule has 0 bridgehead atoms. The molecule has 0 aliphatic heterocycles. The van der Waals surface area contributed by atoms with Crippen molar-refractivity contribution in [3.8, 4) is 5.88 Å². The van der Waals surface area contributed by atoms with E-state index in [1.165, 1.54) is 0 Å². The predicted octanol–water partition coefficient (Wildman–Crippen LogP) is 1.45. The number of amides is 2. The number of hydrogen-bond acceptors (Lipinski definition) is 4. The van der Waals surface area contributed by atoms with Crippen molar-refractivity contribution in [2.75, 3.05) is 7.11 Å². The van der Waals surface area contributed by atoms with Gasteiger partial charge in [0.15, 0.2) is 0 Å². The van der Waals surface area contributed by atoms with Crippen LogP contribution in [0, 0.1) is 0 Å². The lowest BCUT2D eigenvalue weighted by atomic mass is 10.1. The normalized spacial score (nSPS) is 18.7. The van der Waals surface area contributed by atoms with Gasteiger partial charge in [0.2, 0.25) is 5.88 Å². The van der Waals surface area contributed by atoms with Crippen LogP contribution in [0.2, 0.25) is 0 Å². The van der Waals surface area contributed by atoms with E-state index in [1.807, 2.05) is 38.2 Å². The summed E-state index contributed by atoms with van der Waals surface area (Å²) in [7, 11) is 3.40. The molecule has 1 aromatic heterocycles. The van der Waals surface area contributed by atoms with Crippen LogP contribution in [-0.2, 0) is 26.4 Å². The van der Waals surface area contributed by atoms with Crippen LogP contribution < -0.4 is 15.4 Å². The van der Waals surface area contributed by atoms with Crippen molar-refractivity contribution in [1.82, 2.24) is 20.4 Å². The Hall–Kier alpha value is -2.54. The average molecular weight is 344 g/mol. The summed E-state index contributed by atoms with van der Waals surface area (Å²) >= 11 is 0. The van der Waals surface area contributed by atoms with E-state index in [2.05, 4.69) is 15.7 Å². The number of carbonyl (C=O) groups is 1. The van der Waals surface area contributed by atoms with E-state index in [1.54, 1.807) is 11.8 Å². The molecule has 7 heteroatoms. The summed E-state index contributed by atoms with van der Waals surface area (Å²) in [4.78, 5) is 12.3. The zero-order valence-electron chi connectivity index (χ0n) is 14.7. The predicted molar refractivity (Wildman–Crippen MR) is 93.4 cm³/mol. The Morgan fingerprint density at radius 2 is 2.20 bits per heavy atom. The van der Waals surface area contributed by atoms with Crippen molar-refractivity contribution in [3.63, 3.8) is 0 Å². The van der Waals surface area contributed by atoms with Gasteiger partial charge < -0.3 is 20.5 Å². The Balaban J connectivity index is 1.61. The van der Waals surface area contributed by atoms with Gasteiger partial charge in [0, 0.05) is 7.05 Å². The van der Waals surface area contributed by atoms with Crippen LogP contribution in [0.4, 0.5) is 4.79 Å². The number of fused-ring (bicyclic) bond motifs is 1. The number of carbonyl (C=O) groups excluding carboxylic acids is 1. The first-order valence-electron chi connectivity index (χ1n) is 8.44. The summed E-state index contributed by atoms with van der Waals surface area (Å²) in [5.74, 6) is 0.644. The van der Waals surface area contributed by atoms with Crippen LogP contribution in [0.15, 0.2) is 24.3 Å². The van der Waals surface area contributed by atoms with Crippen LogP contribution in [0.1, 0.15) is 35.4 Å². The number of ether oxygens (including phenoxy) is 1. The van der Waals surface area contributed by atoms with Gasteiger partial charge in [-0.2, -0.15) is 5.10 Å². The molecule has 0 unspecified atom stereocenters. The first-order valence-corrected chi connectivity index (χ1v) is 8.44. The topological polar surface area (TPSA) is 88.4 Å². The number of aryl methyl sites for hydroxylation is 2. The Morgan fingerprint density at radius 3 is 2.88 bits per heavy atom. The third-order valence-electron chi connectivity index (χ3n) is 4.64. The molecule has 0 spiro atoms. The van der Waals surface area contributed by atoms with Crippen LogP contribution in [0.3, 0.4) is 0 Å². The van der Waals surface area contributed by atoms with E-state index in [0.29, 0.717) is 18.8 Å². The molecule has 2 atom stereocenters. The van der Waals surface area contributed by atoms with Crippen molar-refractivity contribution in [2.45, 2.75) is 38.5 Å². The minimum Gasteiger partial charge on any atom is -0.481 e. The average Bonchev–Trinajstić information content (AvgIpc) is 3.09. The molecular weight excluding hydrogens is 320 g/mol. The third-order valence-corrected chi connectivity index (χ3v) is 4.64. The molecule has 3 rings (SSSR count). The quantitative estimate of drug-likeness (QED) is 0.766. The van der Waals surface area contributed by atoms with E-state index in [4.69, 9.17) is 4.74 Å². The van der Waals surface area contributed by atoms with E-state index < -0.39 is 6.10 Å². The Morgan fingerprint density at radius 1 is 1.44 bits per heavy atom. The molecule has 1 heterocycles. The summed E-state index contributed by atoms with van der Waals surface area (Å²) in [6.07, 6.45) is 0.703. The van der Waals surface area contributed by atoms with Crippen molar-refractivity contribution >= 4 is 6.03 Å². The van der Waals surface area contributed by atoms with Crippen molar-refractivity contribution in [3.05, 3.63) is 46.6 Å². The van der Waals surface area contributed by atoms with Gasteiger partial charge in [0.05, 0.1) is 37.1 Å². The third kappa shape index (κ3) is 3.32. The summed E-state index contributed by atoms with van der Waals surface area (Å²) in [5.41, 5.74) is 3.73. The lowest BCUT2D eigenvalue weighted by Crippen LogP contribution is -2.43. The molecule has 7 nitrogen and oxygen atoms in total. The highest BCUT2D eigenvalue weighted by Crippen LogP contribution is 2.31. The number of urea groups is 1. The highest BCUT2D eigenvalue weighted by Gasteiger charge is 2.31. The van der Waals surface area contributed by atoms with Crippen LogP contribution in [0.25, 0.3) is 0 Å². The van der Waals surface area contributed by atoms with Gasteiger partial charge >= 0.3 is 6.03 Å². The van der Waals surface area contributed by atoms with Crippen molar-refractivity contribution < 1.29 is 14.6 Å². The second kappa shape index (κ2) is 7.14. The van der Waals surface area contributed by atoms with E-state index >= 15 is 0 Å². The zero-order chi connectivity index (χ0) is 18.0. The highest BCUT2D eigenvalue weighted by atomic mass is 16.5. The summed E-state index contributed by atoms with van der Waals surface area (Å²) in [5, 5.41) is 20.5. The minimum absolute atomic E-state index is 0.315. The lowest BCUT2D eigenvalue weighted by molar-refractivity contribution is 0.143. The van der Waals surface area contributed by atoms with Crippen molar-refractivity contribution in [1.29, 1.82) is 0 Å². The molecule has 2 amide bonds. The van der Waals surface area contributed by atoms with Gasteiger partial charge in [-0.05, 0) is 24.0 Å². The van der Waals surface area contributed by atoms with Crippen LogP contribution in [0.5, 0.6) is 5.88 Å². The Kier molecular flexibility index (Phi) is 4.94. The van der Waals surface area contributed by atoms with Gasteiger partial charge in [0.1, 0.15) is 0 Å². The SMILES string of the molecule is CCc1nn(C)c(OC)c1CNC(=O)N[C@@H]1Cc2ccccc2[C@H]1O. The summed E-state index contributed by atoms with van der Waals surface area (Å²) < 4.78 is 7.04. The number of aliphatic hydroxyl groups is 1. The van der Waals surface area contributed by atoms with Gasteiger partial charge in [-0.1, -0.05) is 31.2 Å². The molecule has 0 radical (unpaired) electrons. The molecule has 1 aromatic carbocycles. The number of nitrogens with zero attached hydrogens (tertiary/aromatic N) is 2. The molecule has 3 N–H and O–H groups in total. The molecule has 1 aliphatic rings. The number of benzene rings is 1. The van der Waals surface area contributed by atoms with Gasteiger partial charge in [-0.3, -0.25) is 0 Å². The van der Waals surface area contributed by atoms with Gasteiger partial charge in [-0.25, -0.2) is 9.48 Å². The lowest BCUT2D eigenvalue weighted by Gasteiger charge is -2.17. The molecule has 0 fully saturated rings. The van der Waals surface area contributed by atoms with Gasteiger partial charge in [0.25, 0.3) is 0 Å². The monoisotopic (exact) mass is 344 g/mol. The largest absolute Gasteiger partial charge is 0.481 e. The smallest absolute Gasteiger partial charge is 0.315 e. The maximum absolute atomic E-state index is 12.3. The molecule has 25 heavy (non-hydrogen) atoms. The second-order valence-electron chi connectivity index (χ2n) is 6.19. The summed E-state index contributed by atoms with van der Waals surface area (Å²) in [6.45, 7) is 2.33. The van der Waals surface area contributed by atoms with Crippen molar-refractivity contribution in [2.24, 2.45) is 7.05 Å². The fourth-order valence-electron chi connectivity index (χ4n) is 3.41. The zero-order valence-corrected chi connectivity index (χ0v) is 14.7. The van der Waals surface area contributed by atoms with Gasteiger partial charge in [-0.15, -0.1) is 0 Å². The number of hydrogen-bond donors (Lipinski definition) is 3. The number of methoxy groups -OCH3 is 1. The molecule has 0 saturated carbocycles. The van der Waals surface area contributed by atoms with E-state index in [0.717, 1.165) is 28.8 Å². The standard InChI is InChI=1S/C18H24N4O3/c1-4-14-13(17(25-3)22(2)21-14)10-19-18(24)20-15-9-11-7-5-6-8-12(11)16(15)23/h5-8,15-16,23H,4,9-10H2,1-3H3,(H2,19,20,24)/t15-,16-/m1/s1. The second-order valence-corrected chi connectivity index (χ2v) is 6.19. The summed E-state index contributed by atoms with van der Waals surface area (Å²) in [6, 6.07) is 7.07. The molecule has 1 aliphatic carbocycles. The number of aromatic nitrogens is 2. The fourth-order valence-corrected chi connectivity index (χ4v) is 3.41. The molecular formula is C18H24N4O3. The fraction of sp³-hybridized carbons (Fsp3) is 0.444.